The minimum absolute atomic E-state index is 0.0115. The monoisotopic (exact) mass is 454 g/mol. The molecule has 30 heavy (non-hydrogen) atoms. The lowest BCUT2D eigenvalue weighted by molar-refractivity contribution is -0.141. The molecule has 0 aliphatic heterocycles. The molecular formula is C19H11Cl2F3N4O2. The summed E-state index contributed by atoms with van der Waals surface area (Å²) in [5, 5.41) is 6.13. The van der Waals surface area contributed by atoms with Crippen molar-refractivity contribution in [3.8, 4) is 5.82 Å². The Balaban J connectivity index is 1.74. The van der Waals surface area contributed by atoms with Gasteiger partial charge in [0.15, 0.2) is 11.5 Å². The molecule has 0 fully saturated rings. The SMILES string of the molecule is O=C1Cc2cc(Cl)c(NC(=O)c3cc(C(F)(F)F)nn3-c3ncccc3Cl)cc2C1. The minimum atomic E-state index is -4.78. The Morgan fingerprint density at radius 1 is 1.10 bits per heavy atom. The highest BCUT2D eigenvalue weighted by Crippen LogP contribution is 2.33. The first-order valence-corrected chi connectivity index (χ1v) is 9.31. The zero-order chi connectivity index (χ0) is 21.6. The van der Waals surface area contributed by atoms with E-state index in [0.717, 1.165) is 10.2 Å². The molecule has 0 unspecified atom stereocenters. The van der Waals surface area contributed by atoms with Gasteiger partial charge in [0.1, 0.15) is 11.5 Å². The fraction of sp³-hybridized carbons (Fsp3) is 0.158. The van der Waals surface area contributed by atoms with Gasteiger partial charge in [-0.25, -0.2) is 9.67 Å². The van der Waals surface area contributed by atoms with Gasteiger partial charge in [-0.15, -0.1) is 0 Å². The van der Waals surface area contributed by atoms with Crippen LogP contribution in [0.5, 0.6) is 0 Å². The summed E-state index contributed by atoms with van der Waals surface area (Å²) in [7, 11) is 0. The highest BCUT2D eigenvalue weighted by atomic mass is 35.5. The minimum Gasteiger partial charge on any atom is -0.319 e. The fourth-order valence-electron chi connectivity index (χ4n) is 3.13. The normalized spacial score (nSPS) is 13.4. The first-order valence-electron chi connectivity index (χ1n) is 8.56. The number of anilines is 1. The standard InChI is InChI=1S/C19H11Cl2F3N4O2/c20-12-2-1-3-25-17(12)28-15(8-16(27-28)19(22,23)24)18(30)26-14-7-10-5-11(29)4-9(10)6-13(14)21/h1-3,6-8H,4-5H2,(H,26,30). The molecule has 154 valence electrons. The highest BCUT2D eigenvalue weighted by molar-refractivity contribution is 6.34. The van der Waals surface area contributed by atoms with E-state index >= 15 is 0 Å². The summed E-state index contributed by atoms with van der Waals surface area (Å²) in [6.07, 6.45) is -3.02. The molecule has 1 aliphatic carbocycles. The lowest BCUT2D eigenvalue weighted by atomic mass is 10.1. The number of nitrogens with zero attached hydrogens (tertiary/aromatic N) is 3. The number of fused-ring (bicyclic) bond motifs is 1. The Morgan fingerprint density at radius 3 is 2.47 bits per heavy atom. The predicted molar refractivity (Wildman–Crippen MR) is 103 cm³/mol. The number of Topliss-reactive ketones (excluding diaryl/α,β-unsaturated/α-hetero) is 1. The quantitative estimate of drug-likeness (QED) is 0.631. The van der Waals surface area contributed by atoms with Crippen LogP contribution in [0.25, 0.3) is 5.82 Å². The van der Waals surface area contributed by atoms with Gasteiger partial charge in [0.2, 0.25) is 0 Å². The van der Waals surface area contributed by atoms with Gasteiger partial charge in [-0.2, -0.15) is 18.3 Å². The second-order valence-electron chi connectivity index (χ2n) is 6.58. The second-order valence-corrected chi connectivity index (χ2v) is 7.39. The van der Waals surface area contributed by atoms with Crippen molar-refractivity contribution in [3.05, 3.63) is 69.1 Å². The summed E-state index contributed by atoms with van der Waals surface area (Å²) < 4.78 is 40.4. The zero-order valence-electron chi connectivity index (χ0n) is 14.9. The molecule has 0 atom stereocenters. The summed E-state index contributed by atoms with van der Waals surface area (Å²) in [5.41, 5.74) is -0.0799. The lowest BCUT2D eigenvalue weighted by Gasteiger charge is -2.11. The molecule has 1 amide bonds. The van der Waals surface area contributed by atoms with Crippen LogP contribution < -0.4 is 5.32 Å². The van der Waals surface area contributed by atoms with Crippen LogP contribution in [-0.4, -0.2) is 26.5 Å². The van der Waals surface area contributed by atoms with E-state index in [1.54, 1.807) is 12.1 Å². The maximum atomic E-state index is 13.2. The summed E-state index contributed by atoms with van der Waals surface area (Å²) in [6.45, 7) is 0. The summed E-state index contributed by atoms with van der Waals surface area (Å²) in [6, 6.07) is 6.61. The van der Waals surface area contributed by atoms with Gasteiger partial charge in [0.05, 0.1) is 15.7 Å². The number of hydrogen-bond acceptors (Lipinski definition) is 4. The van der Waals surface area contributed by atoms with Crippen molar-refractivity contribution in [2.75, 3.05) is 5.32 Å². The molecule has 1 N–H and O–H groups in total. The summed E-state index contributed by atoms with van der Waals surface area (Å²) >= 11 is 12.2. The van der Waals surface area contributed by atoms with Crippen LogP contribution in [0, 0.1) is 0 Å². The van der Waals surface area contributed by atoms with Gasteiger partial charge in [-0.3, -0.25) is 9.59 Å². The Bertz CT molecular complexity index is 1190. The van der Waals surface area contributed by atoms with Crippen molar-refractivity contribution in [1.29, 1.82) is 0 Å². The first-order chi connectivity index (χ1) is 14.1. The number of benzene rings is 1. The van der Waals surface area contributed by atoms with Crippen LogP contribution in [0.4, 0.5) is 18.9 Å². The van der Waals surface area contributed by atoms with Crippen molar-refractivity contribution in [1.82, 2.24) is 14.8 Å². The van der Waals surface area contributed by atoms with E-state index in [1.807, 2.05) is 0 Å². The van der Waals surface area contributed by atoms with Crippen molar-refractivity contribution in [2.24, 2.45) is 0 Å². The zero-order valence-corrected chi connectivity index (χ0v) is 16.4. The van der Waals surface area contributed by atoms with Crippen LogP contribution in [0.15, 0.2) is 36.5 Å². The van der Waals surface area contributed by atoms with Crippen LogP contribution in [-0.2, 0) is 23.8 Å². The topological polar surface area (TPSA) is 76.9 Å². The number of pyridine rings is 1. The number of alkyl halides is 3. The number of hydrogen-bond donors (Lipinski definition) is 1. The van der Waals surface area contributed by atoms with Gasteiger partial charge in [-0.05, 0) is 35.4 Å². The van der Waals surface area contributed by atoms with Gasteiger partial charge >= 0.3 is 6.18 Å². The molecule has 0 saturated carbocycles. The van der Waals surface area contributed by atoms with E-state index in [1.165, 1.54) is 18.3 Å². The number of carbonyl (C=O) groups is 2. The average Bonchev–Trinajstić information content (AvgIpc) is 3.25. The molecule has 1 aromatic carbocycles. The van der Waals surface area contributed by atoms with Crippen molar-refractivity contribution < 1.29 is 22.8 Å². The van der Waals surface area contributed by atoms with Crippen LogP contribution >= 0.6 is 23.2 Å². The Kier molecular flexibility index (Phi) is 5.03. The van der Waals surface area contributed by atoms with Crippen LogP contribution in [0.3, 0.4) is 0 Å². The molecule has 11 heteroatoms. The predicted octanol–water partition coefficient (Wildman–Crippen LogP) is 4.51. The van der Waals surface area contributed by atoms with Crippen LogP contribution in [0.1, 0.15) is 27.3 Å². The third-order valence-electron chi connectivity index (χ3n) is 4.48. The molecule has 0 saturated heterocycles. The van der Waals surface area contributed by atoms with Gasteiger partial charge < -0.3 is 5.32 Å². The number of nitrogens with one attached hydrogen (secondary N) is 1. The maximum Gasteiger partial charge on any atom is 0.435 e. The second kappa shape index (κ2) is 7.41. The molecule has 1 aliphatic rings. The fourth-order valence-corrected chi connectivity index (χ4v) is 3.57. The van der Waals surface area contributed by atoms with E-state index < -0.39 is 23.5 Å². The number of rotatable bonds is 3. The Morgan fingerprint density at radius 2 is 1.80 bits per heavy atom. The number of amides is 1. The smallest absolute Gasteiger partial charge is 0.319 e. The molecule has 2 heterocycles. The van der Waals surface area contributed by atoms with Gasteiger partial charge in [0.25, 0.3) is 5.91 Å². The van der Waals surface area contributed by atoms with Crippen molar-refractivity contribution in [3.63, 3.8) is 0 Å². The van der Waals surface area contributed by atoms with Crippen LogP contribution in [0.2, 0.25) is 10.0 Å². The Labute approximate surface area is 177 Å². The number of halogens is 5. The number of carbonyl (C=O) groups excluding carboxylic acids is 2. The summed E-state index contributed by atoms with van der Waals surface area (Å²) in [4.78, 5) is 28.4. The van der Waals surface area contributed by atoms with Crippen molar-refractivity contribution in [2.45, 2.75) is 19.0 Å². The van der Waals surface area contributed by atoms with Gasteiger partial charge in [0, 0.05) is 25.1 Å². The van der Waals surface area contributed by atoms with E-state index in [2.05, 4.69) is 15.4 Å². The van der Waals surface area contributed by atoms with E-state index in [9.17, 15) is 22.8 Å². The number of aromatic nitrogens is 3. The Hall–Kier alpha value is -2.91. The molecule has 2 aromatic heterocycles. The lowest BCUT2D eigenvalue weighted by Crippen LogP contribution is -2.18. The largest absolute Gasteiger partial charge is 0.435 e. The van der Waals surface area contributed by atoms with Crippen molar-refractivity contribution >= 4 is 40.6 Å². The first kappa shape index (κ1) is 20.4. The van der Waals surface area contributed by atoms with E-state index in [0.29, 0.717) is 11.6 Å². The average molecular weight is 455 g/mol. The molecule has 6 nitrogen and oxygen atoms in total. The number of ketones is 1. The molecule has 3 aromatic rings. The molecule has 0 bridgehead atoms. The molecular weight excluding hydrogens is 444 g/mol. The van der Waals surface area contributed by atoms with E-state index in [-0.39, 0.29) is 40.2 Å². The molecule has 0 spiro atoms. The third-order valence-corrected chi connectivity index (χ3v) is 5.09. The maximum absolute atomic E-state index is 13.2. The molecule has 0 radical (unpaired) electrons. The summed E-state index contributed by atoms with van der Waals surface area (Å²) in [5.74, 6) is -1.02. The third kappa shape index (κ3) is 3.78. The van der Waals surface area contributed by atoms with E-state index in [4.69, 9.17) is 23.2 Å². The molecule has 4 rings (SSSR count). The highest BCUT2D eigenvalue weighted by Gasteiger charge is 2.36. The van der Waals surface area contributed by atoms with Gasteiger partial charge in [-0.1, -0.05) is 23.2 Å².